The van der Waals surface area contributed by atoms with E-state index in [-0.39, 0.29) is 5.23 Å². The van der Waals surface area contributed by atoms with E-state index in [4.69, 9.17) is 5.11 Å². The molecule has 1 aliphatic rings. The van der Waals surface area contributed by atoms with Crippen LogP contribution >= 0.6 is 0 Å². The summed E-state index contributed by atoms with van der Waals surface area (Å²) in [5, 5.41) is 9.29. The van der Waals surface area contributed by atoms with Crippen molar-refractivity contribution in [1.29, 1.82) is 0 Å². The summed E-state index contributed by atoms with van der Waals surface area (Å²) in [6, 6.07) is 6.78. The summed E-state index contributed by atoms with van der Waals surface area (Å²) >= 11 is 0. The smallest absolute Gasteiger partial charge is 0.329 e. The van der Waals surface area contributed by atoms with Gasteiger partial charge in [0.25, 0.3) is 5.91 Å². The minimum absolute atomic E-state index is 0.0802. The minimum Gasteiger partial charge on any atom is -0.480 e. The maximum absolute atomic E-state index is 13.5. The zero-order chi connectivity index (χ0) is 13.1. The molecule has 2 rings (SSSR count). The molecule has 94 valence electrons. The van der Waals surface area contributed by atoms with Crippen molar-refractivity contribution < 1.29 is 19.2 Å². The van der Waals surface area contributed by atoms with Gasteiger partial charge in [-0.05, 0) is 23.4 Å². The first-order chi connectivity index (χ1) is 8.59. The third-order valence-corrected chi connectivity index (χ3v) is 2.35. The largest absolute Gasteiger partial charge is 0.480 e. The second kappa shape index (κ2) is 4.84. The Balaban J connectivity index is 2.02. The molecule has 1 heterocycles. The number of carboxylic acid groups (broad SMARTS) is 1. The van der Waals surface area contributed by atoms with E-state index in [9.17, 15) is 14.1 Å². The van der Waals surface area contributed by atoms with Gasteiger partial charge in [-0.1, -0.05) is 18.2 Å². The van der Waals surface area contributed by atoms with Gasteiger partial charge in [0, 0.05) is 11.8 Å². The second-order valence-corrected chi connectivity index (χ2v) is 3.56. The Morgan fingerprint density at radius 3 is 2.50 bits per heavy atom. The predicted molar refractivity (Wildman–Crippen MR) is 59.3 cm³/mol. The number of hydrogen-bond acceptors (Lipinski definition) is 4. The number of carbonyl (C=O) groups is 2. The zero-order valence-electron chi connectivity index (χ0n) is 9.15. The molecule has 0 spiro atoms. The third-order valence-electron chi connectivity index (χ3n) is 2.35. The number of nitrogens with one attached hydrogen (secondary N) is 1. The minimum atomic E-state index is -1.43. The maximum atomic E-state index is 13.5. The molecule has 7 heteroatoms. The Bertz CT molecular complexity index is 492. The molecule has 0 bridgehead atoms. The summed E-state index contributed by atoms with van der Waals surface area (Å²) in [6.07, 6.45) is 2.26. The van der Waals surface area contributed by atoms with Crippen LogP contribution in [0.15, 0.2) is 42.6 Å². The number of hydrogen-bond donors (Lipinski definition) is 2. The summed E-state index contributed by atoms with van der Waals surface area (Å²) in [7, 11) is 0. The first kappa shape index (κ1) is 12.1. The van der Waals surface area contributed by atoms with Crippen LogP contribution < -0.4 is 5.43 Å². The molecule has 1 atom stereocenters. The maximum Gasteiger partial charge on any atom is 0.329 e. The molecule has 0 aromatic heterocycles. The number of halogens is 1. The lowest BCUT2D eigenvalue weighted by Gasteiger charge is -2.23. The van der Waals surface area contributed by atoms with E-state index in [1.807, 2.05) is 0 Å². The van der Waals surface area contributed by atoms with Crippen LogP contribution in [0.3, 0.4) is 0 Å². The van der Waals surface area contributed by atoms with Crippen LogP contribution in [-0.2, 0) is 4.79 Å². The highest BCUT2D eigenvalue weighted by atomic mass is 19.2. The van der Waals surface area contributed by atoms with Crippen LogP contribution in [0.2, 0.25) is 0 Å². The Hall–Kier alpha value is -2.41. The van der Waals surface area contributed by atoms with Gasteiger partial charge in [-0.2, -0.15) is 5.12 Å². The second-order valence-electron chi connectivity index (χ2n) is 3.56. The van der Waals surface area contributed by atoms with Crippen molar-refractivity contribution >= 4 is 11.9 Å². The van der Waals surface area contributed by atoms with E-state index in [1.54, 1.807) is 30.3 Å². The zero-order valence-corrected chi connectivity index (χ0v) is 9.15. The lowest BCUT2D eigenvalue weighted by atomic mass is 10.2. The SMILES string of the molecule is O=C(NN1C=CC(C(=O)O)N1F)c1ccccc1. The van der Waals surface area contributed by atoms with Crippen molar-refractivity contribution in [2.75, 3.05) is 0 Å². The lowest BCUT2D eigenvalue weighted by molar-refractivity contribution is -0.186. The van der Waals surface area contributed by atoms with Crippen molar-refractivity contribution in [1.82, 2.24) is 15.8 Å². The molecule has 0 saturated carbocycles. The van der Waals surface area contributed by atoms with Crippen molar-refractivity contribution in [3.8, 4) is 0 Å². The number of amides is 1. The van der Waals surface area contributed by atoms with Gasteiger partial charge < -0.3 is 5.11 Å². The topological polar surface area (TPSA) is 72.9 Å². The molecular weight excluding hydrogens is 241 g/mol. The standard InChI is InChI=1S/C11H10FN3O3/c12-15-9(11(17)18)6-7-14(15)13-10(16)8-4-2-1-3-5-8/h1-7,9H,(H,13,16)(H,17,18). The Morgan fingerprint density at radius 1 is 1.28 bits per heavy atom. The van der Waals surface area contributed by atoms with E-state index < -0.39 is 17.9 Å². The van der Waals surface area contributed by atoms with Gasteiger partial charge in [-0.15, -0.1) is 4.48 Å². The van der Waals surface area contributed by atoms with E-state index in [2.05, 4.69) is 5.43 Å². The molecule has 6 nitrogen and oxygen atoms in total. The first-order valence-electron chi connectivity index (χ1n) is 5.11. The van der Waals surface area contributed by atoms with Crippen molar-refractivity contribution in [3.05, 3.63) is 48.2 Å². The molecule has 1 aromatic carbocycles. The highest BCUT2D eigenvalue weighted by Crippen LogP contribution is 2.14. The fraction of sp³-hybridized carbons (Fsp3) is 0.0909. The number of nitrogens with zero attached hydrogens (tertiary/aromatic N) is 2. The van der Waals surface area contributed by atoms with Gasteiger partial charge in [0.2, 0.25) is 0 Å². The molecular formula is C11H10FN3O3. The molecule has 18 heavy (non-hydrogen) atoms. The average molecular weight is 251 g/mol. The fourth-order valence-corrected chi connectivity index (χ4v) is 1.45. The third kappa shape index (κ3) is 2.30. The summed E-state index contributed by atoms with van der Waals surface area (Å²) in [5.41, 5.74) is 2.57. The Morgan fingerprint density at radius 2 is 1.94 bits per heavy atom. The van der Waals surface area contributed by atoms with Gasteiger partial charge >= 0.3 is 5.97 Å². The predicted octanol–water partition coefficient (Wildman–Crippen LogP) is 0.715. The van der Waals surface area contributed by atoms with Crippen LogP contribution in [0.25, 0.3) is 0 Å². The van der Waals surface area contributed by atoms with Gasteiger partial charge in [0.05, 0.1) is 0 Å². The molecule has 1 amide bonds. The van der Waals surface area contributed by atoms with Gasteiger partial charge in [0.1, 0.15) is 0 Å². The number of carboxylic acids is 1. The summed E-state index contributed by atoms with van der Waals surface area (Å²) in [4.78, 5) is 22.3. The van der Waals surface area contributed by atoms with Gasteiger partial charge in [-0.3, -0.25) is 4.79 Å². The highest BCUT2D eigenvalue weighted by Gasteiger charge is 2.33. The Labute approximate surface area is 102 Å². The molecule has 1 unspecified atom stereocenters. The van der Waals surface area contributed by atoms with Crippen LogP contribution in [0.4, 0.5) is 4.48 Å². The number of hydrazine groups is 2. The van der Waals surface area contributed by atoms with E-state index >= 15 is 0 Å². The monoisotopic (exact) mass is 251 g/mol. The van der Waals surface area contributed by atoms with Crippen LogP contribution in [0, 0.1) is 0 Å². The number of carbonyl (C=O) groups excluding carboxylic acids is 1. The van der Waals surface area contributed by atoms with Crippen molar-refractivity contribution in [2.45, 2.75) is 6.04 Å². The van der Waals surface area contributed by atoms with E-state index in [0.717, 1.165) is 12.3 Å². The number of aliphatic carboxylic acids is 1. The molecule has 0 radical (unpaired) electrons. The van der Waals surface area contributed by atoms with Gasteiger partial charge in [0.15, 0.2) is 6.04 Å². The highest BCUT2D eigenvalue weighted by molar-refractivity contribution is 5.93. The number of rotatable bonds is 3. The first-order valence-corrected chi connectivity index (χ1v) is 5.11. The van der Waals surface area contributed by atoms with E-state index in [1.165, 1.54) is 0 Å². The molecule has 2 N–H and O–H groups in total. The fourth-order valence-electron chi connectivity index (χ4n) is 1.45. The molecule has 0 saturated heterocycles. The lowest BCUT2D eigenvalue weighted by Crippen LogP contribution is -2.48. The summed E-state index contributed by atoms with van der Waals surface area (Å²) < 4.78 is 13.5. The van der Waals surface area contributed by atoms with Crippen LogP contribution in [-0.4, -0.2) is 33.4 Å². The van der Waals surface area contributed by atoms with Crippen LogP contribution in [0.1, 0.15) is 10.4 Å². The Kier molecular flexibility index (Phi) is 3.24. The van der Waals surface area contributed by atoms with Gasteiger partial charge in [-0.25, -0.2) is 10.2 Å². The average Bonchev–Trinajstić information content (AvgIpc) is 2.72. The van der Waals surface area contributed by atoms with E-state index in [0.29, 0.717) is 10.7 Å². The molecule has 0 fully saturated rings. The summed E-state index contributed by atoms with van der Waals surface area (Å²) in [6.45, 7) is 0. The van der Waals surface area contributed by atoms with Crippen LogP contribution in [0.5, 0.6) is 0 Å². The number of benzene rings is 1. The summed E-state index contributed by atoms with van der Waals surface area (Å²) in [5.74, 6) is -1.88. The quantitative estimate of drug-likeness (QED) is 0.774. The molecule has 1 aromatic rings. The molecule has 0 aliphatic carbocycles. The van der Waals surface area contributed by atoms with Crippen molar-refractivity contribution in [3.63, 3.8) is 0 Å². The van der Waals surface area contributed by atoms with Crippen molar-refractivity contribution in [2.24, 2.45) is 0 Å². The molecule has 1 aliphatic heterocycles. The normalized spacial score (nSPS) is 18.9.